The van der Waals surface area contributed by atoms with E-state index >= 15 is 0 Å². The molecule has 21 heavy (non-hydrogen) atoms. The van der Waals surface area contributed by atoms with Crippen LogP contribution in [0.2, 0.25) is 0 Å². The molecular formula is C14H16F2N2O2S. The lowest BCUT2D eigenvalue weighted by molar-refractivity contribution is 0.314. The van der Waals surface area contributed by atoms with Gasteiger partial charge < -0.3 is 0 Å². The van der Waals surface area contributed by atoms with Crippen molar-refractivity contribution >= 4 is 10.0 Å². The maximum atomic E-state index is 13.3. The Morgan fingerprint density at radius 3 is 2.38 bits per heavy atom. The summed E-state index contributed by atoms with van der Waals surface area (Å²) in [6.45, 7) is 1.79. The lowest BCUT2D eigenvalue weighted by Gasteiger charge is -2.27. The zero-order valence-electron chi connectivity index (χ0n) is 11.6. The van der Waals surface area contributed by atoms with Gasteiger partial charge in [0.25, 0.3) is 0 Å². The average Bonchev–Trinajstić information content (AvgIpc) is 3.21. The molecule has 1 saturated carbocycles. The Bertz CT molecular complexity index is 646. The predicted octanol–water partition coefficient (Wildman–Crippen LogP) is 2.67. The smallest absolute Gasteiger partial charge is 0.207 e. The molecule has 0 spiro atoms. The van der Waals surface area contributed by atoms with Gasteiger partial charge in [0.1, 0.15) is 11.6 Å². The maximum Gasteiger partial charge on any atom is 0.243 e. The third-order valence-corrected chi connectivity index (χ3v) is 5.61. The fourth-order valence-electron chi connectivity index (χ4n) is 2.33. The van der Waals surface area contributed by atoms with E-state index in [0.29, 0.717) is 6.07 Å². The van der Waals surface area contributed by atoms with Gasteiger partial charge in [0.15, 0.2) is 0 Å². The van der Waals surface area contributed by atoms with Crippen LogP contribution in [0.1, 0.15) is 26.2 Å². The monoisotopic (exact) mass is 314 g/mol. The minimum absolute atomic E-state index is 0.0225. The van der Waals surface area contributed by atoms with Crippen molar-refractivity contribution in [1.29, 1.82) is 5.26 Å². The Morgan fingerprint density at radius 2 is 1.90 bits per heavy atom. The van der Waals surface area contributed by atoms with Crippen LogP contribution >= 0.6 is 0 Å². The summed E-state index contributed by atoms with van der Waals surface area (Å²) in [5, 5.41) is 8.68. The molecule has 0 heterocycles. The summed E-state index contributed by atoms with van der Waals surface area (Å²) in [5.41, 5.74) is 0. The number of nitriles is 1. The van der Waals surface area contributed by atoms with E-state index in [-0.39, 0.29) is 24.9 Å². The van der Waals surface area contributed by atoms with Crippen LogP contribution in [0.5, 0.6) is 0 Å². The van der Waals surface area contributed by atoms with E-state index < -0.39 is 26.6 Å². The first-order valence-corrected chi connectivity index (χ1v) is 8.15. The number of sulfonamides is 1. The molecule has 1 atom stereocenters. The van der Waals surface area contributed by atoms with Crippen LogP contribution in [0.15, 0.2) is 23.1 Å². The first kappa shape index (κ1) is 15.9. The Kier molecular flexibility index (Phi) is 4.59. The topological polar surface area (TPSA) is 61.2 Å². The minimum Gasteiger partial charge on any atom is -0.207 e. The summed E-state index contributed by atoms with van der Waals surface area (Å²) >= 11 is 0. The van der Waals surface area contributed by atoms with Crippen molar-refractivity contribution in [2.45, 2.75) is 37.1 Å². The summed E-state index contributed by atoms with van der Waals surface area (Å²) in [6.07, 6.45) is 1.89. The first-order valence-electron chi connectivity index (χ1n) is 6.71. The van der Waals surface area contributed by atoms with Crippen LogP contribution < -0.4 is 0 Å². The van der Waals surface area contributed by atoms with Crippen LogP contribution in [0.3, 0.4) is 0 Å². The molecular weight excluding hydrogens is 298 g/mol. The van der Waals surface area contributed by atoms with E-state index in [1.807, 2.05) is 6.07 Å². The molecule has 0 bridgehead atoms. The molecule has 0 aromatic heterocycles. The Balaban J connectivity index is 2.38. The molecule has 1 aliphatic rings. The van der Waals surface area contributed by atoms with E-state index in [1.165, 1.54) is 4.31 Å². The van der Waals surface area contributed by atoms with Gasteiger partial charge in [-0.05, 0) is 37.8 Å². The molecule has 1 aliphatic carbocycles. The maximum absolute atomic E-state index is 13.3. The van der Waals surface area contributed by atoms with Gasteiger partial charge in [-0.15, -0.1) is 0 Å². The number of nitrogens with zero attached hydrogens (tertiary/aromatic N) is 2. The van der Waals surface area contributed by atoms with E-state index in [2.05, 4.69) is 0 Å². The molecule has 7 heteroatoms. The molecule has 0 saturated heterocycles. The van der Waals surface area contributed by atoms with Gasteiger partial charge in [0, 0.05) is 25.1 Å². The van der Waals surface area contributed by atoms with Gasteiger partial charge >= 0.3 is 0 Å². The van der Waals surface area contributed by atoms with Crippen molar-refractivity contribution in [2.75, 3.05) is 6.54 Å². The zero-order valence-corrected chi connectivity index (χ0v) is 12.4. The first-order chi connectivity index (χ1) is 9.86. The van der Waals surface area contributed by atoms with Crippen molar-refractivity contribution in [3.63, 3.8) is 0 Å². The number of hydrogen-bond acceptors (Lipinski definition) is 3. The van der Waals surface area contributed by atoms with E-state index in [0.717, 1.165) is 25.0 Å². The van der Waals surface area contributed by atoms with Crippen molar-refractivity contribution in [2.24, 2.45) is 5.92 Å². The van der Waals surface area contributed by atoms with Gasteiger partial charge in [0.05, 0.1) is 11.0 Å². The molecule has 1 aromatic rings. The van der Waals surface area contributed by atoms with Gasteiger partial charge in [0.2, 0.25) is 10.0 Å². The molecule has 1 fully saturated rings. The Labute approximate surface area is 123 Å². The number of benzene rings is 1. The SMILES string of the molecule is C[C@@H](C1CC1)N(CCC#N)S(=O)(=O)c1cc(F)cc(F)c1. The van der Waals surface area contributed by atoms with Gasteiger partial charge in [-0.2, -0.15) is 9.57 Å². The van der Waals surface area contributed by atoms with Crippen LogP contribution in [-0.4, -0.2) is 25.3 Å². The summed E-state index contributed by atoms with van der Waals surface area (Å²) in [7, 11) is -4.02. The third kappa shape index (κ3) is 3.57. The Morgan fingerprint density at radius 1 is 1.33 bits per heavy atom. The fraction of sp³-hybridized carbons (Fsp3) is 0.500. The third-order valence-electron chi connectivity index (χ3n) is 3.65. The second-order valence-corrected chi connectivity index (χ2v) is 7.10. The van der Waals surface area contributed by atoms with E-state index in [9.17, 15) is 17.2 Å². The summed E-state index contributed by atoms with van der Waals surface area (Å²) in [5.74, 6) is -1.63. The highest BCUT2D eigenvalue weighted by Gasteiger charge is 2.38. The van der Waals surface area contributed by atoms with Crippen LogP contribution in [0.4, 0.5) is 8.78 Å². The lowest BCUT2D eigenvalue weighted by atomic mass is 10.2. The Hall–Kier alpha value is -1.52. The van der Waals surface area contributed by atoms with Gasteiger partial charge in [-0.25, -0.2) is 17.2 Å². The summed E-state index contributed by atoms with van der Waals surface area (Å²) in [4.78, 5) is -0.412. The molecule has 114 valence electrons. The van der Waals surface area contributed by atoms with E-state index in [4.69, 9.17) is 5.26 Å². The second kappa shape index (κ2) is 6.08. The largest absolute Gasteiger partial charge is 0.243 e. The highest BCUT2D eigenvalue weighted by Crippen LogP contribution is 2.37. The molecule has 2 rings (SSSR count). The van der Waals surface area contributed by atoms with Gasteiger partial charge in [-0.3, -0.25) is 0 Å². The summed E-state index contributed by atoms with van der Waals surface area (Å²) < 4.78 is 52.9. The van der Waals surface area contributed by atoms with E-state index in [1.54, 1.807) is 6.92 Å². The predicted molar refractivity (Wildman–Crippen MR) is 72.7 cm³/mol. The molecule has 4 nitrogen and oxygen atoms in total. The minimum atomic E-state index is -4.02. The van der Waals surface area contributed by atoms with Crippen molar-refractivity contribution < 1.29 is 17.2 Å². The normalized spacial score (nSPS) is 16.7. The molecule has 1 aromatic carbocycles. The lowest BCUT2D eigenvalue weighted by Crippen LogP contribution is -2.40. The van der Waals surface area contributed by atoms with Crippen LogP contribution in [0.25, 0.3) is 0 Å². The van der Waals surface area contributed by atoms with Crippen LogP contribution in [0, 0.1) is 28.9 Å². The zero-order chi connectivity index (χ0) is 15.6. The molecule has 0 amide bonds. The molecule has 0 radical (unpaired) electrons. The fourth-order valence-corrected chi connectivity index (χ4v) is 4.06. The molecule has 0 N–H and O–H groups in total. The van der Waals surface area contributed by atoms with Crippen molar-refractivity contribution in [1.82, 2.24) is 4.31 Å². The number of hydrogen-bond donors (Lipinski definition) is 0. The molecule has 0 aliphatic heterocycles. The standard InChI is InChI=1S/C14H16F2N2O2S/c1-10(11-3-4-11)18(6-2-5-17)21(19,20)14-8-12(15)7-13(16)9-14/h7-11H,2-4,6H2,1H3/t10-/m0/s1. The number of halogens is 2. The van der Waals surface area contributed by atoms with Gasteiger partial charge in [-0.1, -0.05) is 0 Å². The quantitative estimate of drug-likeness (QED) is 0.811. The van der Waals surface area contributed by atoms with Crippen molar-refractivity contribution in [3.05, 3.63) is 29.8 Å². The highest BCUT2D eigenvalue weighted by molar-refractivity contribution is 7.89. The van der Waals surface area contributed by atoms with Crippen LogP contribution in [-0.2, 0) is 10.0 Å². The number of rotatable bonds is 6. The highest BCUT2D eigenvalue weighted by atomic mass is 32.2. The summed E-state index contributed by atoms with van der Waals surface area (Å²) in [6, 6.07) is 3.86. The molecule has 0 unspecified atom stereocenters. The average molecular weight is 314 g/mol. The second-order valence-electron chi connectivity index (χ2n) is 5.21. The van der Waals surface area contributed by atoms with Crippen molar-refractivity contribution in [3.8, 4) is 6.07 Å².